The summed E-state index contributed by atoms with van der Waals surface area (Å²) >= 11 is 0. The van der Waals surface area contributed by atoms with Crippen molar-refractivity contribution in [3.63, 3.8) is 0 Å². The minimum Gasteiger partial charge on any atom is -0.405 e. The van der Waals surface area contributed by atoms with Crippen molar-refractivity contribution in [2.75, 3.05) is 0 Å². The average molecular weight is 255 g/mol. The van der Waals surface area contributed by atoms with Crippen molar-refractivity contribution < 1.29 is 17.9 Å². The summed E-state index contributed by atoms with van der Waals surface area (Å²) < 4.78 is 40.9. The molecule has 0 atom stereocenters. The Hall–Kier alpha value is -1.78. The van der Waals surface area contributed by atoms with E-state index in [1.165, 1.54) is 12.1 Å². The first kappa shape index (κ1) is 12.7. The molecule has 0 aliphatic carbocycles. The topological polar surface area (TPSA) is 21.6 Å². The summed E-state index contributed by atoms with van der Waals surface area (Å²) in [5.74, 6) is -0.208. The summed E-state index contributed by atoms with van der Waals surface area (Å²) in [4.78, 5) is 4.21. The SMILES string of the molecule is CC1(C)C=C(c2ccccc2OC(F)(F)F)C=N1. The van der Waals surface area contributed by atoms with Gasteiger partial charge in [0.05, 0.1) is 5.54 Å². The van der Waals surface area contributed by atoms with Gasteiger partial charge in [0, 0.05) is 17.4 Å². The van der Waals surface area contributed by atoms with Crippen molar-refractivity contribution in [1.29, 1.82) is 0 Å². The molecule has 0 unspecified atom stereocenters. The minimum atomic E-state index is -4.69. The number of benzene rings is 1. The first-order valence-corrected chi connectivity index (χ1v) is 5.40. The first-order chi connectivity index (χ1) is 8.27. The molecule has 0 saturated heterocycles. The maximum Gasteiger partial charge on any atom is 0.573 e. The van der Waals surface area contributed by atoms with E-state index < -0.39 is 6.36 Å². The van der Waals surface area contributed by atoms with Gasteiger partial charge >= 0.3 is 6.36 Å². The molecule has 1 aromatic carbocycles. The normalized spacial score (nSPS) is 17.7. The van der Waals surface area contributed by atoms with Gasteiger partial charge in [0.15, 0.2) is 0 Å². The Labute approximate surface area is 103 Å². The molecular weight excluding hydrogens is 243 g/mol. The van der Waals surface area contributed by atoms with Crippen molar-refractivity contribution in [3.05, 3.63) is 35.9 Å². The number of aliphatic imine (C=N–C) groups is 1. The Morgan fingerprint density at radius 2 is 1.83 bits per heavy atom. The van der Waals surface area contributed by atoms with Crippen LogP contribution in [-0.2, 0) is 0 Å². The highest BCUT2D eigenvalue weighted by atomic mass is 19.4. The van der Waals surface area contributed by atoms with Crippen molar-refractivity contribution in [2.24, 2.45) is 4.99 Å². The fourth-order valence-electron chi connectivity index (χ4n) is 1.76. The van der Waals surface area contributed by atoms with Gasteiger partial charge in [-0.1, -0.05) is 18.2 Å². The molecular formula is C13H12F3NO. The highest BCUT2D eigenvalue weighted by molar-refractivity contribution is 6.13. The lowest BCUT2D eigenvalue weighted by molar-refractivity contribution is -0.274. The van der Waals surface area contributed by atoms with E-state index in [1.807, 2.05) is 19.9 Å². The lowest BCUT2D eigenvalue weighted by Crippen LogP contribution is -2.18. The standard InChI is InChI=1S/C13H12F3NO/c1-12(2)7-9(8-17-12)10-5-3-4-6-11(10)18-13(14,15)16/h3-8H,1-2H3. The fraction of sp³-hybridized carbons (Fsp3) is 0.308. The van der Waals surface area contributed by atoms with E-state index in [4.69, 9.17) is 0 Å². The van der Waals surface area contributed by atoms with Crippen molar-refractivity contribution in [2.45, 2.75) is 25.7 Å². The van der Waals surface area contributed by atoms with Crippen molar-refractivity contribution in [3.8, 4) is 5.75 Å². The summed E-state index contributed by atoms with van der Waals surface area (Å²) in [6.07, 6.45) is -1.31. The van der Waals surface area contributed by atoms with Gasteiger partial charge in [0.25, 0.3) is 0 Å². The quantitative estimate of drug-likeness (QED) is 0.787. The van der Waals surface area contributed by atoms with E-state index >= 15 is 0 Å². The molecule has 5 heteroatoms. The Morgan fingerprint density at radius 3 is 2.39 bits per heavy atom. The monoisotopic (exact) mass is 255 g/mol. The molecule has 1 aliphatic heterocycles. The van der Waals surface area contributed by atoms with Crippen molar-refractivity contribution >= 4 is 11.8 Å². The Morgan fingerprint density at radius 1 is 1.17 bits per heavy atom. The fourth-order valence-corrected chi connectivity index (χ4v) is 1.76. The number of hydrogen-bond donors (Lipinski definition) is 0. The van der Waals surface area contributed by atoms with Gasteiger partial charge in [-0.25, -0.2) is 0 Å². The summed E-state index contributed by atoms with van der Waals surface area (Å²) in [6.45, 7) is 3.76. The molecule has 1 heterocycles. The summed E-state index contributed by atoms with van der Waals surface area (Å²) in [6, 6.07) is 6.05. The summed E-state index contributed by atoms with van der Waals surface area (Å²) in [5, 5.41) is 0. The molecule has 0 aromatic heterocycles. The van der Waals surface area contributed by atoms with E-state index in [1.54, 1.807) is 18.3 Å². The van der Waals surface area contributed by atoms with Gasteiger partial charge in [-0.15, -0.1) is 13.2 Å². The van der Waals surface area contributed by atoms with E-state index in [-0.39, 0.29) is 11.3 Å². The van der Waals surface area contributed by atoms with Crippen LogP contribution in [0.5, 0.6) is 5.75 Å². The summed E-state index contributed by atoms with van der Waals surface area (Å²) in [5.41, 5.74) is 0.643. The second-order valence-electron chi connectivity index (χ2n) is 4.56. The highest BCUT2D eigenvalue weighted by Gasteiger charge is 2.32. The number of halogens is 3. The zero-order valence-electron chi connectivity index (χ0n) is 9.95. The van der Waals surface area contributed by atoms with Crippen LogP contribution in [0.4, 0.5) is 13.2 Å². The van der Waals surface area contributed by atoms with Gasteiger partial charge in [-0.2, -0.15) is 0 Å². The smallest absolute Gasteiger partial charge is 0.405 e. The molecule has 0 bridgehead atoms. The van der Waals surface area contributed by atoms with Gasteiger partial charge in [0.1, 0.15) is 5.75 Å². The number of rotatable bonds is 2. The minimum absolute atomic E-state index is 0.208. The molecule has 18 heavy (non-hydrogen) atoms. The highest BCUT2D eigenvalue weighted by Crippen LogP contribution is 2.33. The number of hydrogen-bond acceptors (Lipinski definition) is 2. The van der Waals surface area contributed by atoms with Crippen LogP contribution in [0.2, 0.25) is 0 Å². The number of para-hydroxylation sites is 1. The third-order valence-corrected chi connectivity index (χ3v) is 2.47. The predicted octanol–water partition coefficient (Wildman–Crippen LogP) is 3.83. The maximum atomic E-state index is 12.3. The number of nitrogens with zero attached hydrogens (tertiary/aromatic N) is 1. The molecule has 0 fully saturated rings. The third kappa shape index (κ3) is 2.91. The molecule has 0 spiro atoms. The Balaban J connectivity index is 2.38. The number of alkyl halides is 3. The van der Waals surface area contributed by atoms with Crippen LogP contribution in [0.15, 0.2) is 35.3 Å². The zero-order chi connectivity index (χ0) is 13.4. The van der Waals surface area contributed by atoms with Crippen LogP contribution in [0.3, 0.4) is 0 Å². The average Bonchev–Trinajstić information content (AvgIpc) is 2.57. The van der Waals surface area contributed by atoms with Crippen LogP contribution in [0.1, 0.15) is 19.4 Å². The van der Waals surface area contributed by atoms with E-state index in [2.05, 4.69) is 9.73 Å². The Kier molecular flexibility index (Phi) is 2.92. The molecule has 1 aliphatic rings. The van der Waals surface area contributed by atoms with Crippen LogP contribution in [-0.4, -0.2) is 18.1 Å². The maximum absolute atomic E-state index is 12.3. The molecule has 0 radical (unpaired) electrons. The lowest BCUT2D eigenvalue weighted by atomic mass is 10.0. The van der Waals surface area contributed by atoms with Gasteiger partial charge < -0.3 is 4.74 Å². The third-order valence-electron chi connectivity index (χ3n) is 2.47. The molecule has 2 rings (SSSR count). The number of ether oxygens (including phenoxy) is 1. The predicted molar refractivity (Wildman–Crippen MR) is 63.7 cm³/mol. The second kappa shape index (κ2) is 4.15. The largest absolute Gasteiger partial charge is 0.573 e. The van der Waals surface area contributed by atoms with Crippen LogP contribution in [0, 0.1) is 0 Å². The van der Waals surface area contributed by atoms with Crippen molar-refractivity contribution in [1.82, 2.24) is 0 Å². The van der Waals surface area contributed by atoms with Gasteiger partial charge in [-0.05, 0) is 26.0 Å². The Bertz CT molecular complexity index is 515. The van der Waals surface area contributed by atoms with Gasteiger partial charge in [-0.3, -0.25) is 4.99 Å². The molecule has 0 saturated carbocycles. The summed E-state index contributed by atoms with van der Waals surface area (Å²) in [7, 11) is 0. The van der Waals surface area contributed by atoms with E-state index in [9.17, 15) is 13.2 Å². The van der Waals surface area contributed by atoms with Gasteiger partial charge in [0.2, 0.25) is 0 Å². The second-order valence-corrected chi connectivity index (χ2v) is 4.56. The molecule has 0 N–H and O–H groups in total. The van der Waals surface area contributed by atoms with Crippen LogP contribution in [0.25, 0.3) is 5.57 Å². The molecule has 0 amide bonds. The first-order valence-electron chi connectivity index (χ1n) is 5.40. The molecule has 96 valence electrons. The zero-order valence-corrected chi connectivity index (χ0v) is 9.95. The van der Waals surface area contributed by atoms with Crippen LogP contribution < -0.4 is 4.74 Å². The molecule has 1 aromatic rings. The van der Waals surface area contributed by atoms with E-state index in [0.29, 0.717) is 11.1 Å². The number of allylic oxidation sites excluding steroid dienone is 1. The van der Waals surface area contributed by atoms with Crippen LogP contribution >= 0.6 is 0 Å². The lowest BCUT2D eigenvalue weighted by Gasteiger charge is -2.13. The van der Waals surface area contributed by atoms with E-state index in [0.717, 1.165) is 0 Å². The molecule has 2 nitrogen and oxygen atoms in total.